The number of aliphatic carboxylic acids is 1. The Balaban J connectivity index is -0.0000000300. The Labute approximate surface area is 58.5 Å². The quantitative estimate of drug-likeness (QED) is 0.436. The zero-order valence-electron chi connectivity index (χ0n) is 4.99. The average Bonchev–Trinajstić information content (AvgIpc) is 1.31. The second-order valence-electron chi connectivity index (χ2n) is 0.803. The summed E-state index contributed by atoms with van der Waals surface area (Å²) in [6, 6.07) is 0. The minimum Gasteiger partial charge on any atom is -0.475 e. The van der Waals surface area contributed by atoms with Crippen LogP contribution in [0.3, 0.4) is 0 Å². The van der Waals surface area contributed by atoms with Crippen molar-refractivity contribution in [1.29, 1.82) is 0 Å². The predicted molar refractivity (Wildman–Crippen MR) is 28.1 cm³/mol. The third kappa shape index (κ3) is 17.6. The van der Waals surface area contributed by atoms with Crippen LogP contribution in [-0.2, 0) is 4.79 Å². The number of carbonyl (C=O) groups is 1. The largest absolute Gasteiger partial charge is 0.490 e. The average molecular weight is 186 g/mol. The van der Waals surface area contributed by atoms with Crippen LogP contribution in [0.25, 0.3) is 0 Å². The lowest BCUT2D eigenvalue weighted by molar-refractivity contribution is -0.192. The summed E-state index contributed by atoms with van der Waals surface area (Å²) < 4.78 is 31.7. The molecule has 0 aliphatic heterocycles. The van der Waals surface area contributed by atoms with Gasteiger partial charge in [-0.25, -0.2) is 4.79 Å². The van der Waals surface area contributed by atoms with E-state index in [0.717, 1.165) is 0 Å². The number of halogens is 3. The van der Waals surface area contributed by atoms with Crippen LogP contribution in [-0.4, -0.2) is 39.2 Å². The van der Waals surface area contributed by atoms with Crippen molar-refractivity contribution in [1.82, 2.24) is 0 Å². The van der Waals surface area contributed by atoms with Crippen LogP contribution < -0.4 is 0 Å². The monoisotopic (exact) mass is 186 g/mol. The molecule has 0 aromatic carbocycles. The summed E-state index contributed by atoms with van der Waals surface area (Å²) in [5, 5.41) is 7.12. The number of hydrogen-bond acceptors (Lipinski definition) is 1. The minimum atomic E-state index is -5.08. The van der Waals surface area contributed by atoms with Crippen LogP contribution in [0.5, 0.6) is 0 Å². The molecule has 0 saturated heterocycles. The molecule has 0 aliphatic rings. The van der Waals surface area contributed by atoms with Gasteiger partial charge in [-0.1, -0.05) is 0 Å². The maximum absolute atomic E-state index is 10.6. The topological polar surface area (TPSA) is 163 Å². The Morgan fingerprint density at radius 2 is 1.09 bits per heavy atom. The predicted octanol–water partition coefficient (Wildman–Crippen LogP) is -2.67. The highest BCUT2D eigenvalue weighted by molar-refractivity contribution is 5.73. The molecule has 0 aromatic rings. The summed E-state index contributed by atoms with van der Waals surface area (Å²) in [7, 11) is 0. The lowest BCUT2D eigenvalue weighted by Gasteiger charge is -1.93. The SMILES string of the molecule is O.O.O.O.O=C(O)C(F)(F)F. The van der Waals surface area contributed by atoms with E-state index >= 15 is 0 Å². The van der Waals surface area contributed by atoms with Crippen molar-refractivity contribution < 1.29 is 45.0 Å². The fourth-order valence-electron chi connectivity index (χ4n) is 0. The van der Waals surface area contributed by atoms with Gasteiger partial charge in [0.25, 0.3) is 0 Å². The van der Waals surface area contributed by atoms with Gasteiger partial charge in [-0.3, -0.25) is 0 Å². The summed E-state index contributed by atoms with van der Waals surface area (Å²) in [4.78, 5) is 8.90. The molecule has 0 saturated carbocycles. The van der Waals surface area contributed by atoms with Crippen LogP contribution in [0.15, 0.2) is 0 Å². The summed E-state index contributed by atoms with van der Waals surface area (Å²) in [6.45, 7) is 0. The zero-order chi connectivity index (χ0) is 6.08. The van der Waals surface area contributed by atoms with Gasteiger partial charge in [-0.2, -0.15) is 13.2 Å². The van der Waals surface area contributed by atoms with Gasteiger partial charge in [0, 0.05) is 0 Å². The van der Waals surface area contributed by atoms with Gasteiger partial charge in [0.15, 0.2) is 0 Å². The molecule has 0 heterocycles. The number of alkyl halides is 3. The molecule has 9 heteroatoms. The second-order valence-corrected chi connectivity index (χ2v) is 0.803. The van der Waals surface area contributed by atoms with E-state index in [1.54, 1.807) is 0 Å². The van der Waals surface area contributed by atoms with Crippen LogP contribution in [0.2, 0.25) is 0 Å². The maximum atomic E-state index is 10.6. The summed E-state index contributed by atoms with van der Waals surface area (Å²) in [5.74, 6) is -2.76. The molecule has 0 rings (SSSR count). The van der Waals surface area contributed by atoms with Crippen LogP contribution in [0.4, 0.5) is 13.2 Å². The molecule has 0 spiro atoms. The number of rotatable bonds is 0. The fourth-order valence-corrected chi connectivity index (χ4v) is 0. The standard InChI is InChI=1S/C2HF3O2.4H2O/c3-2(4,5)1(6)7;;;;/h(H,6,7);4*1H2. The Hall–Kier alpha value is -0.900. The van der Waals surface area contributed by atoms with Crippen molar-refractivity contribution in [2.75, 3.05) is 0 Å². The van der Waals surface area contributed by atoms with E-state index in [2.05, 4.69) is 0 Å². The first kappa shape index (κ1) is 32.2. The first-order valence-electron chi connectivity index (χ1n) is 1.24. The molecule has 6 nitrogen and oxygen atoms in total. The van der Waals surface area contributed by atoms with Crippen molar-refractivity contribution in [3.8, 4) is 0 Å². The lowest BCUT2D eigenvalue weighted by atomic mass is 10.7. The molecule has 0 fully saturated rings. The van der Waals surface area contributed by atoms with Crippen molar-refractivity contribution in [2.24, 2.45) is 0 Å². The van der Waals surface area contributed by atoms with Crippen LogP contribution in [0.1, 0.15) is 0 Å². The first-order valence-corrected chi connectivity index (χ1v) is 1.24. The van der Waals surface area contributed by atoms with Crippen molar-refractivity contribution in [2.45, 2.75) is 6.18 Å². The van der Waals surface area contributed by atoms with Gasteiger partial charge in [-0.15, -0.1) is 0 Å². The first-order chi connectivity index (χ1) is 2.94. The third-order valence-corrected chi connectivity index (χ3v) is 0.243. The lowest BCUT2D eigenvalue weighted by Crippen LogP contribution is -2.21. The van der Waals surface area contributed by atoms with Crippen molar-refractivity contribution in [3.05, 3.63) is 0 Å². The van der Waals surface area contributed by atoms with Gasteiger partial charge < -0.3 is 27.0 Å². The number of hydrogen-bond donors (Lipinski definition) is 1. The van der Waals surface area contributed by atoms with E-state index in [4.69, 9.17) is 9.90 Å². The molecular weight excluding hydrogens is 177 g/mol. The molecule has 0 radical (unpaired) electrons. The molecule has 0 aliphatic carbocycles. The van der Waals surface area contributed by atoms with Crippen molar-refractivity contribution in [3.63, 3.8) is 0 Å². The van der Waals surface area contributed by atoms with Gasteiger partial charge in [0.05, 0.1) is 0 Å². The van der Waals surface area contributed by atoms with Gasteiger partial charge in [-0.05, 0) is 0 Å². The third-order valence-electron chi connectivity index (χ3n) is 0.243. The highest BCUT2D eigenvalue weighted by Gasteiger charge is 2.38. The van der Waals surface area contributed by atoms with E-state index in [1.165, 1.54) is 0 Å². The highest BCUT2D eigenvalue weighted by atomic mass is 19.4. The Kier molecular flexibility index (Phi) is 26.6. The molecule has 74 valence electrons. The molecule has 0 atom stereocenters. The number of carboxylic acid groups (broad SMARTS) is 1. The molecule has 0 unspecified atom stereocenters. The smallest absolute Gasteiger partial charge is 0.475 e. The minimum absolute atomic E-state index is 0. The zero-order valence-corrected chi connectivity index (χ0v) is 4.99. The molecule has 11 heavy (non-hydrogen) atoms. The molecular formula is C2H9F3O6. The Morgan fingerprint density at radius 1 is 1.00 bits per heavy atom. The van der Waals surface area contributed by atoms with Gasteiger partial charge >= 0.3 is 12.1 Å². The van der Waals surface area contributed by atoms with E-state index in [9.17, 15) is 13.2 Å². The van der Waals surface area contributed by atoms with Gasteiger partial charge in [0.2, 0.25) is 0 Å². The van der Waals surface area contributed by atoms with Gasteiger partial charge in [0.1, 0.15) is 0 Å². The van der Waals surface area contributed by atoms with Crippen LogP contribution in [0, 0.1) is 0 Å². The normalized spacial score (nSPS) is 7.18. The Morgan fingerprint density at radius 3 is 1.09 bits per heavy atom. The van der Waals surface area contributed by atoms with Crippen LogP contribution >= 0.6 is 0 Å². The summed E-state index contributed by atoms with van der Waals surface area (Å²) >= 11 is 0. The fraction of sp³-hybridized carbons (Fsp3) is 0.500. The second kappa shape index (κ2) is 9.10. The highest BCUT2D eigenvalue weighted by Crippen LogP contribution is 2.13. The molecule has 0 aromatic heterocycles. The molecule has 0 bridgehead atoms. The Bertz CT molecular complexity index is 88.3. The van der Waals surface area contributed by atoms with E-state index in [1.807, 2.05) is 0 Å². The summed E-state index contributed by atoms with van der Waals surface area (Å²) in [6.07, 6.45) is -5.08. The molecule has 9 N–H and O–H groups in total. The van der Waals surface area contributed by atoms with E-state index in [-0.39, 0.29) is 21.9 Å². The number of carboxylic acids is 1. The summed E-state index contributed by atoms with van der Waals surface area (Å²) in [5.41, 5.74) is 0. The van der Waals surface area contributed by atoms with E-state index < -0.39 is 12.1 Å². The molecule has 0 amide bonds. The van der Waals surface area contributed by atoms with E-state index in [0.29, 0.717) is 0 Å². The maximum Gasteiger partial charge on any atom is 0.490 e. The van der Waals surface area contributed by atoms with Crippen molar-refractivity contribution >= 4 is 5.97 Å².